The molecule has 3 rings (SSSR count). The molecule has 0 aromatic heterocycles. The van der Waals surface area contributed by atoms with Crippen molar-refractivity contribution in [1.29, 1.82) is 0 Å². The molecule has 0 saturated carbocycles. The zero-order chi connectivity index (χ0) is 12.4. The highest BCUT2D eigenvalue weighted by molar-refractivity contribution is 5.59. The summed E-state index contributed by atoms with van der Waals surface area (Å²) in [5.74, 6) is 0. The maximum atomic E-state index is 5.59. The van der Waals surface area contributed by atoms with Crippen LogP contribution in [0.1, 0.15) is 30.9 Å². The monoisotopic (exact) mass is 246 g/mol. The zero-order valence-electron chi connectivity index (χ0n) is 11.0. The summed E-state index contributed by atoms with van der Waals surface area (Å²) in [5, 5.41) is 7.18. The Morgan fingerprint density at radius 2 is 2.39 bits per heavy atom. The Labute approximate surface area is 109 Å². The summed E-state index contributed by atoms with van der Waals surface area (Å²) < 4.78 is 5.59. The van der Waals surface area contributed by atoms with Gasteiger partial charge in [-0.3, -0.25) is 0 Å². The molecule has 0 aliphatic carbocycles. The van der Waals surface area contributed by atoms with Crippen LogP contribution in [-0.4, -0.2) is 25.3 Å². The predicted octanol–water partition coefficient (Wildman–Crippen LogP) is 2.31. The molecule has 2 atom stereocenters. The van der Waals surface area contributed by atoms with E-state index in [2.05, 4.69) is 35.8 Å². The van der Waals surface area contributed by atoms with E-state index in [1.54, 1.807) is 0 Å². The number of hydrogen-bond acceptors (Lipinski definition) is 3. The van der Waals surface area contributed by atoms with Crippen LogP contribution >= 0.6 is 0 Å². The normalized spacial score (nSPS) is 26.7. The van der Waals surface area contributed by atoms with Gasteiger partial charge in [0.2, 0.25) is 0 Å². The fourth-order valence-corrected chi connectivity index (χ4v) is 2.97. The van der Waals surface area contributed by atoms with Gasteiger partial charge in [-0.15, -0.1) is 0 Å². The number of anilines is 1. The summed E-state index contributed by atoms with van der Waals surface area (Å²) >= 11 is 0. The number of aryl methyl sites for hydroxylation is 1. The number of para-hydroxylation sites is 1. The fraction of sp³-hybridized carbons (Fsp3) is 0.600. The summed E-state index contributed by atoms with van der Waals surface area (Å²) in [4.78, 5) is 0. The van der Waals surface area contributed by atoms with Gasteiger partial charge in [0, 0.05) is 31.4 Å². The minimum atomic E-state index is 0.345. The van der Waals surface area contributed by atoms with Crippen molar-refractivity contribution in [2.75, 3.05) is 18.5 Å². The topological polar surface area (TPSA) is 33.3 Å². The Balaban J connectivity index is 1.69. The van der Waals surface area contributed by atoms with Crippen molar-refractivity contribution >= 4 is 5.69 Å². The smallest absolute Gasteiger partial charge is 0.0700 e. The van der Waals surface area contributed by atoms with E-state index in [0.717, 1.165) is 26.1 Å². The van der Waals surface area contributed by atoms with Crippen molar-refractivity contribution in [3.8, 4) is 0 Å². The Bertz CT molecular complexity index is 419. The number of rotatable bonds is 3. The van der Waals surface area contributed by atoms with Gasteiger partial charge in [-0.1, -0.05) is 18.2 Å². The first kappa shape index (κ1) is 12.0. The van der Waals surface area contributed by atoms with Gasteiger partial charge in [-0.2, -0.15) is 0 Å². The van der Waals surface area contributed by atoms with Crippen LogP contribution in [0.2, 0.25) is 0 Å². The first-order valence-corrected chi connectivity index (χ1v) is 7.04. The van der Waals surface area contributed by atoms with E-state index in [4.69, 9.17) is 4.74 Å². The van der Waals surface area contributed by atoms with Crippen molar-refractivity contribution in [3.05, 3.63) is 29.3 Å². The van der Waals surface area contributed by atoms with Gasteiger partial charge in [0.05, 0.1) is 6.10 Å². The molecule has 2 unspecified atom stereocenters. The molecule has 1 saturated heterocycles. The maximum absolute atomic E-state index is 5.59. The molecule has 18 heavy (non-hydrogen) atoms. The molecular weight excluding hydrogens is 224 g/mol. The van der Waals surface area contributed by atoms with Gasteiger partial charge in [-0.25, -0.2) is 0 Å². The van der Waals surface area contributed by atoms with Gasteiger partial charge in [0.1, 0.15) is 0 Å². The molecule has 3 nitrogen and oxygen atoms in total. The predicted molar refractivity (Wildman–Crippen MR) is 73.9 cm³/mol. The summed E-state index contributed by atoms with van der Waals surface area (Å²) in [5.41, 5.74) is 4.23. The molecule has 2 heterocycles. The summed E-state index contributed by atoms with van der Waals surface area (Å²) in [7, 11) is 0. The molecule has 2 aliphatic rings. The van der Waals surface area contributed by atoms with Crippen LogP contribution < -0.4 is 10.6 Å². The lowest BCUT2D eigenvalue weighted by Gasteiger charge is -2.23. The summed E-state index contributed by atoms with van der Waals surface area (Å²) in [6.45, 7) is 5.09. The van der Waals surface area contributed by atoms with Gasteiger partial charge < -0.3 is 15.4 Å². The molecule has 98 valence electrons. The third-order valence-corrected chi connectivity index (χ3v) is 4.09. The van der Waals surface area contributed by atoms with Crippen molar-refractivity contribution in [2.24, 2.45) is 0 Å². The first-order chi connectivity index (χ1) is 8.84. The lowest BCUT2D eigenvalue weighted by Crippen LogP contribution is -2.34. The van der Waals surface area contributed by atoms with Crippen LogP contribution in [0.4, 0.5) is 5.69 Å². The fourth-order valence-electron chi connectivity index (χ4n) is 2.97. The van der Waals surface area contributed by atoms with Crippen molar-refractivity contribution in [2.45, 2.75) is 44.9 Å². The SMILES string of the molecule is CC1OCCC1NCc1cccc2c1NCCC2. The second-order valence-corrected chi connectivity index (χ2v) is 5.33. The Hall–Kier alpha value is -1.06. The summed E-state index contributed by atoms with van der Waals surface area (Å²) in [6, 6.07) is 7.15. The van der Waals surface area contributed by atoms with Gasteiger partial charge in [0.15, 0.2) is 0 Å². The van der Waals surface area contributed by atoms with Crippen LogP contribution in [0.15, 0.2) is 18.2 Å². The van der Waals surface area contributed by atoms with E-state index >= 15 is 0 Å². The van der Waals surface area contributed by atoms with Crippen LogP contribution in [0.3, 0.4) is 0 Å². The molecule has 2 N–H and O–H groups in total. The third-order valence-electron chi connectivity index (χ3n) is 4.09. The van der Waals surface area contributed by atoms with E-state index in [1.807, 2.05) is 0 Å². The molecule has 0 amide bonds. The van der Waals surface area contributed by atoms with E-state index in [0.29, 0.717) is 12.1 Å². The molecular formula is C15H22N2O. The number of nitrogens with one attached hydrogen (secondary N) is 2. The standard InChI is InChI=1S/C15H22N2O/c1-11-14(7-9-18-11)17-10-13-5-2-4-12-6-3-8-16-15(12)13/h2,4-5,11,14,16-17H,3,6-10H2,1H3. The minimum absolute atomic E-state index is 0.345. The quantitative estimate of drug-likeness (QED) is 0.858. The van der Waals surface area contributed by atoms with Gasteiger partial charge in [0.25, 0.3) is 0 Å². The second kappa shape index (κ2) is 5.29. The molecule has 0 spiro atoms. The van der Waals surface area contributed by atoms with Gasteiger partial charge in [-0.05, 0) is 37.3 Å². The Kier molecular flexibility index (Phi) is 3.52. The largest absolute Gasteiger partial charge is 0.385 e. The van der Waals surface area contributed by atoms with E-state index in [1.165, 1.54) is 29.7 Å². The highest BCUT2D eigenvalue weighted by atomic mass is 16.5. The lowest BCUT2D eigenvalue weighted by atomic mass is 9.99. The van der Waals surface area contributed by atoms with Crippen molar-refractivity contribution < 1.29 is 4.74 Å². The zero-order valence-corrected chi connectivity index (χ0v) is 11.0. The van der Waals surface area contributed by atoms with Gasteiger partial charge >= 0.3 is 0 Å². The van der Waals surface area contributed by atoms with Crippen molar-refractivity contribution in [3.63, 3.8) is 0 Å². The van der Waals surface area contributed by atoms with Crippen LogP contribution in [0.5, 0.6) is 0 Å². The molecule has 1 aromatic rings. The summed E-state index contributed by atoms with van der Waals surface area (Å²) in [6.07, 6.45) is 3.93. The molecule has 1 aromatic carbocycles. The first-order valence-electron chi connectivity index (χ1n) is 7.04. The number of fused-ring (bicyclic) bond motifs is 1. The number of hydrogen-bond donors (Lipinski definition) is 2. The average Bonchev–Trinajstić information content (AvgIpc) is 2.82. The van der Waals surface area contributed by atoms with Crippen LogP contribution in [0.25, 0.3) is 0 Å². The molecule has 3 heteroatoms. The average molecular weight is 246 g/mol. The van der Waals surface area contributed by atoms with Crippen LogP contribution in [0, 0.1) is 0 Å². The Morgan fingerprint density at radius 1 is 1.44 bits per heavy atom. The van der Waals surface area contributed by atoms with E-state index < -0.39 is 0 Å². The van der Waals surface area contributed by atoms with Crippen LogP contribution in [-0.2, 0) is 17.7 Å². The molecule has 2 aliphatic heterocycles. The van der Waals surface area contributed by atoms with E-state index in [9.17, 15) is 0 Å². The lowest BCUT2D eigenvalue weighted by molar-refractivity contribution is 0.113. The highest BCUT2D eigenvalue weighted by Crippen LogP contribution is 2.26. The Morgan fingerprint density at radius 3 is 3.22 bits per heavy atom. The molecule has 0 bridgehead atoms. The van der Waals surface area contributed by atoms with E-state index in [-0.39, 0.29) is 0 Å². The number of benzene rings is 1. The molecule has 1 fully saturated rings. The number of ether oxygens (including phenoxy) is 1. The molecule has 0 radical (unpaired) electrons. The highest BCUT2D eigenvalue weighted by Gasteiger charge is 2.23. The van der Waals surface area contributed by atoms with Crippen molar-refractivity contribution in [1.82, 2.24) is 5.32 Å². The third kappa shape index (κ3) is 2.38. The maximum Gasteiger partial charge on any atom is 0.0700 e. The second-order valence-electron chi connectivity index (χ2n) is 5.33. The minimum Gasteiger partial charge on any atom is -0.385 e.